The van der Waals surface area contributed by atoms with Crippen molar-refractivity contribution in [3.8, 4) is 0 Å². The van der Waals surface area contributed by atoms with Crippen LogP contribution < -0.4 is 5.32 Å². The summed E-state index contributed by atoms with van der Waals surface area (Å²) >= 11 is 5.63. The van der Waals surface area contributed by atoms with Crippen LogP contribution in [0.2, 0.25) is 5.02 Å². The number of hydrogen-bond donors (Lipinski definition) is 2. The molecule has 3 atom stereocenters. The van der Waals surface area contributed by atoms with Crippen LogP contribution in [-0.4, -0.2) is 41.0 Å². The summed E-state index contributed by atoms with van der Waals surface area (Å²) in [5.41, 5.74) is -1.40. The van der Waals surface area contributed by atoms with Crippen LogP contribution >= 0.6 is 11.6 Å². The Bertz CT molecular complexity index is 696. The fourth-order valence-electron chi connectivity index (χ4n) is 3.15. The van der Waals surface area contributed by atoms with Crippen molar-refractivity contribution in [1.82, 2.24) is 4.90 Å². The van der Waals surface area contributed by atoms with E-state index in [9.17, 15) is 27.9 Å². The Morgan fingerprint density at radius 3 is 2.58 bits per heavy atom. The number of carboxylic acid groups (broad SMARTS) is 1. The number of hydrogen-bond acceptors (Lipinski definition) is 3. The molecule has 9 heteroatoms. The molecule has 1 saturated heterocycles. The average Bonchev–Trinajstić information content (AvgIpc) is 2.54. The summed E-state index contributed by atoms with van der Waals surface area (Å²) < 4.78 is 39.4. The molecule has 5 nitrogen and oxygen atoms in total. The molecule has 144 valence electrons. The van der Waals surface area contributed by atoms with Gasteiger partial charge in [-0.1, -0.05) is 18.5 Å². The number of benzene rings is 1. The molecule has 3 unspecified atom stereocenters. The predicted molar refractivity (Wildman–Crippen MR) is 91.0 cm³/mol. The third-order valence-corrected chi connectivity index (χ3v) is 4.74. The quantitative estimate of drug-likeness (QED) is 0.819. The van der Waals surface area contributed by atoms with E-state index in [1.807, 2.05) is 6.92 Å². The van der Waals surface area contributed by atoms with E-state index in [4.69, 9.17) is 11.6 Å². The largest absolute Gasteiger partial charge is 0.481 e. The topological polar surface area (TPSA) is 69.6 Å². The number of carboxylic acids is 1. The fourth-order valence-corrected chi connectivity index (χ4v) is 3.32. The molecular formula is C17H20ClF3N2O3. The van der Waals surface area contributed by atoms with Crippen LogP contribution in [0.5, 0.6) is 0 Å². The first-order valence-electron chi connectivity index (χ1n) is 8.13. The SMILES string of the molecule is CC1CC(C(=O)O)CN(C(C)C(=O)Nc2ccc(Cl)cc2C(F)(F)F)C1. The number of likely N-dealkylation sites (tertiary alicyclic amines) is 1. The first kappa shape index (κ1) is 20.5. The van der Waals surface area contributed by atoms with E-state index in [0.29, 0.717) is 13.0 Å². The summed E-state index contributed by atoms with van der Waals surface area (Å²) in [6.45, 7) is 4.12. The molecule has 0 saturated carbocycles. The highest BCUT2D eigenvalue weighted by Crippen LogP contribution is 2.36. The van der Waals surface area contributed by atoms with Gasteiger partial charge in [0.15, 0.2) is 0 Å². The summed E-state index contributed by atoms with van der Waals surface area (Å²) in [5, 5.41) is 11.4. The maximum absolute atomic E-state index is 13.1. The molecule has 1 heterocycles. The number of nitrogens with zero attached hydrogens (tertiary/aromatic N) is 1. The molecule has 0 aromatic heterocycles. The Balaban J connectivity index is 2.16. The molecule has 1 fully saturated rings. The van der Waals surface area contributed by atoms with Gasteiger partial charge in [0, 0.05) is 18.1 Å². The van der Waals surface area contributed by atoms with Gasteiger partial charge in [-0.15, -0.1) is 0 Å². The standard InChI is InChI=1S/C17H20ClF3N2O3/c1-9-5-11(16(25)26)8-23(7-9)10(2)15(24)22-14-4-3-12(18)6-13(14)17(19,20)21/h3-4,6,9-11H,5,7-8H2,1-2H3,(H,22,24)(H,25,26). The second-order valence-corrected chi connectivity index (χ2v) is 7.12. The van der Waals surface area contributed by atoms with Gasteiger partial charge in [-0.25, -0.2) is 0 Å². The fraction of sp³-hybridized carbons (Fsp3) is 0.529. The Hall–Kier alpha value is -1.80. The smallest absolute Gasteiger partial charge is 0.418 e. The van der Waals surface area contributed by atoms with Crippen LogP contribution in [0.4, 0.5) is 18.9 Å². The van der Waals surface area contributed by atoms with Crippen molar-refractivity contribution in [3.63, 3.8) is 0 Å². The third-order valence-electron chi connectivity index (χ3n) is 4.51. The van der Waals surface area contributed by atoms with Gasteiger partial charge >= 0.3 is 12.1 Å². The molecule has 1 amide bonds. The summed E-state index contributed by atoms with van der Waals surface area (Å²) in [5.74, 6) is -2.10. The monoisotopic (exact) mass is 392 g/mol. The Labute approximate surface area is 154 Å². The number of carbonyl (C=O) groups is 2. The van der Waals surface area contributed by atoms with Crippen LogP contribution in [0.15, 0.2) is 18.2 Å². The number of carbonyl (C=O) groups excluding carboxylic acids is 1. The van der Waals surface area contributed by atoms with Gasteiger partial charge in [0.05, 0.1) is 23.2 Å². The van der Waals surface area contributed by atoms with Crippen LogP contribution in [0.1, 0.15) is 25.8 Å². The van der Waals surface area contributed by atoms with Crippen LogP contribution in [0.3, 0.4) is 0 Å². The van der Waals surface area contributed by atoms with Crippen LogP contribution in [0, 0.1) is 11.8 Å². The number of piperidine rings is 1. The third kappa shape index (κ3) is 4.88. The van der Waals surface area contributed by atoms with Gasteiger partial charge in [-0.05, 0) is 37.5 Å². The van der Waals surface area contributed by atoms with Gasteiger partial charge in [-0.3, -0.25) is 14.5 Å². The molecule has 26 heavy (non-hydrogen) atoms. The van der Waals surface area contributed by atoms with Crippen molar-refractivity contribution in [3.05, 3.63) is 28.8 Å². The molecule has 0 bridgehead atoms. The van der Waals surface area contributed by atoms with E-state index in [-0.39, 0.29) is 23.2 Å². The van der Waals surface area contributed by atoms with Crippen molar-refractivity contribution in [2.45, 2.75) is 32.5 Å². The number of anilines is 1. The Morgan fingerprint density at radius 1 is 1.35 bits per heavy atom. The number of halogens is 4. The molecule has 2 N–H and O–H groups in total. The minimum atomic E-state index is -4.66. The summed E-state index contributed by atoms with van der Waals surface area (Å²) in [4.78, 5) is 25.4. The number of nitrogens with one attached hydrogen (secondary N) is 1. The van der Waals surface area contributed by atoms with Gasteiger partial charge in [-0.2, -0.15) is 13.2 Å². The first-order valence-corrected chi connectivity index (χ1v) is 8.51. The molecular weight excluding hydrogens is 373 g/mol. The lowest BCUT2D eigenvalue weighted by Gasteiger charge is -2.37. The highest BCUT2D eigenvalue weighted by atomic mass is 35.5. The number of aliphatic carboxylic acids is 1. The number of amides is 1. The Kier molecular flexibility index (Phi) is 6.18. The molecule has 0 radical (unpaired) electrons. The zero-order valence-corrected chi connectivity index (χ0v) is 15.1. The van der Waals surface area contributed by atoms with E-state index in [1.165, 1.54) is 6.07 Å². The number of alkyl halides is 3. The maximum Gasteiger partial charge on any atom is 0.418 e. The molecule has 1 aliphatic heterocycles. The number of rotatable bonds is 4. The zero-order chi connectivity index (χ0) is 19.6. The first-order chi connectivity index (χ1) is 12.0. The van der Waals surface area contributed by atoms with Gasteiger partial charge in [0.2, 0.25) is 5.91 Å². The Morgan fingerprint density at radius 2 is 2.00 bits per heavy atom. The van der Waals surface area contributed by atoms with Crippen molar-refractivity contribution in [2.24, 2.45) is 11.8 Å². The van der Waals surface area contributed by atoms with Gasteiger partial charge in [0.1, 0.15) is 0 Å². The second-order valence-electron chi connectivity index (χ2n) is 6.68. The molecule has 0 aliphatic carbocycles. The highest BCUT2D eigenvalue weighted by molar-refractivity contribution is 6.30. The minimum absolute atomic E-state index is 0.0707. The maximum atomic E-state index is 13.1. The van der Waals surface area contributed by atoms with Crippen molar-refractivity contribution in [1.29, 1.82) is 0 Å². The van der Waals surface area contributed by atoms with E-state index in [0.717, 1.165) is 12.1 Å². The summed E-state index contributed by atoms with van der Waals surface area (Å²) in [6, 6.07) is 2.36. The predicted octanol–water partition coefficient (Wildman–Crippen LogP) is 3.73. The molecule has 1 aliphatic rings. The van der Waals surface area contributed by atoms with E-state index in [2.05, 4.69) is 5.32 Å². The lowest BCUT2D eigenvalue weighted by atomic mass is 9.89. The summed E-state index contributed by atoms with van der Waals surface area (Å²) in [7, 11) is 0. The van der Waals surface area contributed by atoms with Gasteiger partial charge in [0.25, 0.3) is 0 Å². The van der Waals surface area contributed by atoms with Crippen LogP contribution in [-0.2, 0) is 15.8 Å². The molecule has 1 aromatic rings. The molecule has 2 rings (SSSR count). The zero-order valence-electron chi connectivity index (χ0n) is 14.3. The van der Waals surface area contributed by atoms with Crippen molar-refractivity contribution >= 4 is 29.2 Å². The summed E-state index contributed by atoms with van der Waals surface area (Å²) in [6.07, 6.45) is -4.15. The van der Waals surface area contributed by atoms with Gasteiger partial charge < -0.3 is 10.4 Å². The average molecular weight is 393 g/mol. The lowest BCUT2D eigenvalue weighted by Crippen LogP contribution is -2.50. The highest BCUT2D eigenvalue weighted by Gasteiger charge is 2.36. The van der Waals surface area contributed by atoms with E-state index < -0.39 is 35.6 Å². The molecule has 1 aromatic carbocycles. The van der Waals surface area contributed by atoms with Crippen LogP contribution in [0.25, 0.3) is 0 Å². The van der Waals surface area contributed by atoms with E-state index >= 15 is 0 Å². The lowest BCUT2D eigenvalue weighted by molar-refractivity contribution is -0.145. The van der Waals surface area contributed by atoms with Crippen molar-refractivity contribution < 1.29 is 27.9 Å². The van der Waals surface area contributed by atoms with Crippen molar-refractivity contribution in [2.75, 3.05) is 18.4 Å². The minimum Gasteiger partial charge on any atom is -0.481 e. The normalized spacial score (nSPS) is 22.7. The molecule has 0 spiro atoms. The van der Waals surface area contributed by atoms with E-state index in [1.54, 1.807) is 11.8 Å². The second kappa shape index (κ2) is 7.84.